The van der Waals surface area contributed by atoms with Crippen molar-refractivity contribution in [3.8, 4) is 0 Å². The van der Waals surface area contributed by atoms with Gasteiger partial charge >= 0.3 is 0 Å². The van der Waals surface area contributed by atoms with Gasteiger partial charge in [-0.1, -0.05) is 0 Å². The van der Waals surface area contributed by atoms with Gasteiger partial charge in [-0.05, 0) is 50.5 Å². The Balaban J connectivity index is 1.26. The fourth-order valence-electron chi connectivity index (χ4n) is 4.16. The van der Waals surface area contributed by atoms with E-state index in [-0.39, 0.29) is 5.25 Å². The van der Waals surface area contributed by atoms with Crippen LogP contribution in [0.5, 0.6) is 0 Å². The Kier molecular flexibility index (Phi) is 4.16. The van der Waals surface area contributed by atoms with Crippen LogP contribution in [0.3, 0.4) is 0 Å². The van der Waals surface area contributed by atoms with Crippen molar-refractivity contribution < 1.29 is 8.42 Å². The average molecular weight is 390 g/mol. The third kappa shape index (κ3) is 3.33. The van der Waals surface area contributed by atoms with Gasteiger partial charge < -0.3 is 4.90 Å². The molecule has 3 fully saturated rings. The minimum atomic E-state index is -3.06. The third-order valence-corrected chi connectivity index (χ3v) is 8.53. The fraction of sp³-hybridized carbons (Fsp3) is 0.684. The first-order valence-corrected chi connectivity index (χ1v) is 11.6. The quantitative estimate of drug-likeness (QED) is 0.758. The van der Waals surface area contributed by atoms with E-state index in [2.05, 4.69) is 16.0 Å². The van der Waals surface area contributed by atoms with Crippen molar-refractivity contribution in [2.75, 3.05) is 31.6 Å². The second-order valence-electron chi connectivity index (χ2n) is 8.38. The second-order valence-corrected chi connectivity index (χ2v) is 10.7. The summed E-state index contributed by atoms with van der Waals surface area (Å²) >= 11 is 0. The van der Waals surface area contributed by atoms with E-state index >= 15 is 0 Å². The number of piperidine rings is 1. The Morgan fingerprint density at radius 2 is 1.89 bits per heavy atom. The van der Waals surface area contributed by atoms with Crippen LogP contribution in [0, 0.1) is 5.92 Å². The first kappa shape index (κ1) is 17.4. The first-order chi connectivity index (χ1) is 13.0. The van der Waals surface area contributed by atoms with Crippen molar-refractivity contribution in [3.63, 3.8) is 0 Å². The van der Waals surface area contributed by atoms with Gasteiger partial charge in [-0.25, -0.2) is 22.2 Å². The van der Waals surface area contributed by atoms with Crippen molar-refractivity contribution in [2.45, 2.75) is 49.7 Å². The van der Waals surface area contributed by atoms with Crippen LogP contribution < -0.4 is 4.90 Å². The Hall–Kier alpha value is -1.67. The first-order valence-electron chi connectivity index (χ1n) is 10.1. The topological polar surface area (TPSA) is 70.8 Å². The van der Waals surface area contributed by atoms with Gasteiger partial charge in [-0.15, -0.1) is 0 Å². The number of rotatable bonds is 6. The van der Waals surface area contributed by atoms with E-state index in [1.165, 1.54) is 18.5 Å². The Labute approximate surface area is 160 Å². The molecule has 8 heteroatoms. The predicted molar refractivity (Wildman–Crippen MR) is 104 cm³/mol. The lowest BCUT2D eigenvalue weighted by Crippen LogP contribution is -2.40. The maximum Gasteiger partial charge on any atom is 0.216 e. The van der Waals surface area contributed by atoms with Gasteiger partial charge in [0.2, 0.25) is 10.0 Å². The van der Waals surface area contributed by atoms with E-state index in [0.717, 1.165) is 50.1 Å². The fourth-order valence-corrected chi connectivity index (χ4v) is 5.82. The summed E-state index contributed by atoms with van der Waals surface area (Å²) < 4.78 is 28.3. The molecule has 3 heterocycles. The van der Waals surface area contributed by atoms with Gasteiger partial charge in [0.15, 0.2) is 5.82 Å². The highest BCUT2D eigenvalue weighted by molar-refractivity contribution is 7.90. The SMILES string of the molecule is CN(CC1CCN(c2nccn3nc(C4CC4)cc23)CC1)S(=O)(=O)C1CC1. The summed E-state index contributed by atoms with van der Waals surface area (Å²) in [4.78, 5) is 6.97. The van der Waals surface area contributed by atoms with Crippen molar-refractivity contribution in [1.82, 2.24) is 18.9 Å². The van der Waals surface area contributed by atoms with Crippen LogP contribution in [-0.2, 0) is 10.0 Å². The highest BCUT2D eigenvalue weighted by Crippen LogP contribution is 2.40. The summed E-state index contributed by atoms with van der Waals surface area (Å²) in [5.74, 6) is 2.06. The van der Waals surface area contributed by atoms with Gasteiger partial charge in [0.1, 0.15) is 5.52 Å². The van der Waals surface area contributed by atoms with Crippen LogP contribution in [0.25, 0.3) is 5.52 Å². The molecule has 2 aliphatic carbocycles. The van der Waals surface area contributed by atoms with E-state index in [9.17, 15) is 8.42 Å². The number of anilines is 1. The highest BCUT2D eigenvalue weighted by atomic mass is 32.2. The number of hydrogen-bond acceptors (Lipinski definition) is 5. The van der Waals surface area contributed by atoms with Gasteiger partial charge in [0.25, 0.3) is 0 Å². The summed E-state index contributed by atoms with van der Waals surface area (Å²) in [5, 5.41) is 4.59. The normalized spacial score (nSPS) is 22.1. The Morgan fingerprint density at radius 3 is 2.56 bits per heavy atom. The summed E-state index contributed by atoms with van der Waals surface area (Å²) in [6.45, 7) is 2.47. The lowest BCUT2D eigenvalue weighted by atomic mass is 9.97. The molecule has 1 saturated heterocycles. The number of fused-ring (bicyclic) bond motifs is 1. The van der Waals surface area contributed by atoms with Gasteiger partial charge in [0, 0.05) is 45.0 Å². The van der Waals surface area contributed by atoms with Gasteiger partial charge in [-0.3, -0.25) is 0 Å². The molecule has 0 spiro atoms. The zero-order valence-electron chi connectivity index (χ0n) is 15.8. The molecule has 27 heavy (non-hydrogen) atoms. The molecule has 0 aromatic carbocycles. The monoisotopic (exact) mass is 389 g/mol. The van der Waals surface area contributed by atoms with Crippen LogP contribution in [0.1, 0.15) is 50.1 Å². The molecule has 0 amide bonds. The number of aromatic nitrogens is 3. The second kappa shape index (κ2) is 6.44. The standard InChI is InChI=1S/C19H27N5O2S/c1-22(27(25,26)16-4-5-16)13-14-6-9-23(10-7-14)19-18-12-17(15-2-3-15)21-24(18)11-8-20-19/h8,11-12,14-16H,2-7,9-10,13H2,1H3. The molecular formula is C19H27N5O2S. The Bertz CT molecular complexity index is 940. The lowest BCUT2D eigenvalue weighted by Gasteiger charge is -2.34. The van der Waals surface area contributed by atoms with Gasteiger partial charge in [-0.2, -0.15) is 5.10 Å². The largest absolute Gasteiger partial charge is 0.355 e. The van der Waals surface area contributed by atoms with E-state index in [4.69, 9.17) is 5.10 Å². The molecule has 0 atom stereocenters. The molecule has 0 N–H and O–H groups in total. The van der Waals surface area contributed by atoms with Crippen molar-refractivity contribution >= 4 is 21.4 Å². The Morgan fingerprint density at radius 1 is 1.15 bits per heavy atom. The molecular weight excluding hydrogens is 362 g/mol. The average Bonchev–Trinajstić information content (AvgIpc) is 3.58. The maximum absolute atomic E-state index is 12.4. The minimum absolute atomic E-state index is 0.119. The van der Waals surface area contributed by atoms with Crippen molar-refractivity contribution in [2.24, 2.45) is 5.92 Å². The summed E-state index contributed by atoms with van der Waals surface area (Å²) in [7, 11) is -1.32. The highest BCUT2D eigenvalue weighted by Gasteiger charge is 2.39. The molecule has 2 saturated carbocycles. The molecule has 2 aromatic heterocycles. The molecule has 146 valence electrons. The zero-order valence-corrected chi connectivity index (χ0v) is 16.6. The van der Waals surface area contributed by atoms with E-state index < -0.39 is 10.0 Å². The molecule has 7 nitrogen and oxygen atoms in total. The zero-order chi connectivity index (χ0) is 18.6. The van der Waals surface area contributed by atoms with E-state index in [1.54, 1.807) is 11.4 Å². The number of sulfonamides is 1. The molecule has 0 radical (unpaired) electrons. The number of nitrogens with zero attached hydrogens (tertiary/aromatic N) is 5. The van der Waals surface area contributed by atoms with E-state index in [0.29, 0.717) is 18.4 Å². The summed E-state index contributed by atoms with van der Waals surface area (Å²) in [6.07, 6.45) is 9.89. The van der Waals surface area contributed by atoms with Crippen LogP contribution in [0.2, 0.25) is 0 Å². The molecule has 1 aliphatic heterocycles. The number of hydrogen-bond donors (Lipinski definition) is 0. The van der Waals surface area contributed by atoms with Crippen LogP contribution in [0.15, 0.2) is 18.5 Å². The maximum atomic E-state index is 12.4. The van der Waals surface area contributed by atoms with Gasteiger partial charge in [0.05, 0.1) is 10.9 Å². The van der Waals surface area contributed by atoms with E-state index in [1.807, 2.05) is 16.9 Å². The molecule has 2 aromatic rings. The lowest BCUT2D eigenvalue weighted by molar-refractivity contribution is 0.327. The molecule has 3 aliphatic rings. The van der Waals surface area contributed by atoms with Crippen LogP contribution in [0.4, 0.5) is 5.82 Å². The van der Waals surface area contributed by atoms with Crippen molar-refractivity contribution in [3.05, 3.63) is 24.2 Å². The molecule has 0 bridgehead atoms. The van der Waals surface area contributed by atoms with Crippen LogP contribution >= 0.6 is 0 Å². The smallest absolute Gasteiger partial charge is 0.216 e. The van der Waals surface area contributed by atoms with Crippen molar-refractivity contribution in [1.29, 1.82) is 0 Å². The summed E-state index contributed by atoms with van der Waals surface area (Å²) in [6, 6.07) is 2.20. The predicted octanol–water partition coefficient (Wildman–Crippen LogP) is 2.25. The summed E-state index contributed by atoms with van der Waals surface area (Å²) in [5.41, 5.74) is 2.28. The molecule has 5 rings (SSSR count). The molecule has 0 unspecified atom stereocenters. The minimum Gasteiger partial charge on any atom is -0.355 e. The van der Waals surface area contributed by atoms with Crippen LogP contribution in [-0.4, -0.2) is 59.3 Å². The third-order valence-electron chi connectivity index (χ3n) is 6.19.